The minimum Gasteiger partial charge on any atom is -0.340 e. The van der Waals surface area contributed by atoms with Crippen molar-refractivity contribution < 1.29 is 4.79 Å². The standard InChI is InChI=1S/C16H32N4O.2ClH/c1-14(2)19-10-4-15(5-11-19)18(3)9-6-16(21)20-12-7-17-8-13-20;;/h14-15,17H,4-13H2,1-3H3;2*1H. The van der Waals surface area contributed by atoms with E-state index in [0.29, 0.717) is 24.4 Å². The number of piperidine rings is 1. The zero-order valence-electron chi connectivity index (χ0n) is 14.8. The molecule has 0 aromatic heterocycles. The molecule has 0 aromatic rings. The lowest BCUT2D eigenvalue weighted by Gasteiger charge is -2.38. The van der Waals surface area contributed by atoms with E-state index in [1.807, 2.05) is 4.90 Å². The van der Waals surface area contributed by atoms with Crippen LogP contribution in [0.1, 0.15) is 33.1 Å². The fourth-order valence-electron chi connectivity index (χ4n) is 3.37. The van der Waals surface area contributed by atoms with Gasteiger partial charge >= 0.3 is 0 Å². The lowest BCUT2D eigenvalue weighted by atomic mass is 10.0. The molecule has 2 heterocycles. The molecule has 0 aromatic carbocycles. The summed E-state index contributed by atoms with van der Waals surface area (Å²) in [6.07, 6.45) is 3.13. The van der Waals surface area contributed by atoms with Crippen molar-refractivity contribution in [1.29, 1.82) is 0 Å². The molecule has 2 rings (SSSR count). The molecule has 0 aliphatic carbocycles. The number of carbonyl (C=O) groups is 1. The Morgan fingerprint density at radius 2 is 1.70 bits per heavy atom. The zero-order chi connectivity index (χ0) is 15.2. The Kier molecular flexibility index (Phi) is 11.4. The van der Waals surface area contributed by atoms with E-state index in [-0.39, 0.29) is 24.8 Å². The second-order valence-electron chi connectivity index (χ2n) is 6.72. The van der Waals surface area contributed by atoms with E-state index < -0.39 is 0 Å². The lowest BCUT2D eigenvalue weighted by molar-refractivity contribution is -0.132. The fourth-order valence-corrected chi connectivity index (χ4v) is 3.37. The van der Waals surface area contributed by atoms with E-state index in [4.69, 9.17) is 0 Å². The molecule has 0 bridgehead atoms. The van der Waals surface area contributed by atoms with E-state index in [1.54, 1.807) is 0 Å². The van der Waals surface area contributed by atoms with Crippen molar-refractivity contribution in [3.05, 3.63) is 0 Å². The first-order valence-electron chi connectivity index (χ1n) is 8.50. The molecule has 138 valence electrons. The first-order chi connectivity index (χ1) is 10.1. The molecule has 2 aliphatic rings. The minimum absolute atomic E-state index is 0. The summed E-state index contributed by atoms with van der Waals surface area (Å²) >= 11 is 0. The SMILES string of the molecule is CC(C)N1CCC(N(C)CCC(=O)N2CCNCC2)CC1.Cl.Cl. The van der Waals surface area contributed by atoms with Crippen LogP contribution in [0.4, 0.5) is 0 Å². The van der Waals surface area contributed by atoms with Crippen molar-refractivity contribution in [3.8, 4) is 0 Å². The summed E-state index contributed by atoms with van der Waals surface area (Å²) in [7, 11) is 2.18. The fraction of sp³-hybridized carbons (Fsp3) is 0.938. The Labute approximate surface area is 153 Å². The van der Waals surface area contributed by atoms with Gasteiger partial charge in [0.05, 0.1) is 0 Å². The molecule has 0 spiro atoms. The quantitative estimate of drug-likeness (QED) is 0.797. The van der Waals surface area contributed by atoms with Crippen LogP contribution >= 0.6 is 24.8 Å². The van der Waals surface area contributed by atoms with Gasteiger partial charge in [-0.15, -0.1) is 24.8 Å². The average molecular weight is 369 g/mol. The average Bonchev–Trinajstić information content (AvgIpc) is 2.53. The van der Waals surface area contributed by atoms with Crippen molar-refractivity contribution >= 4 is 30.7 Å². The van der Waals surface area contributed by atoms with Gasteiger partial charge in [-0.25, -0.2) is 0 Å². The number of amides is 1. The highest BCUT2D eigenvalue weighted by atomic mass is 35.5. The van der Waals surface area contributed by atoms with Crippen molar-refractivity contribution in [2.24, 2.45) is 0 Å². The highest BCUT2D eigenvalue weighted by Gasteiger charge is 2.24. The van der Waals surface area contributed by atoms with Gasteiger partial charge in [0.25, 0.3) is 0 Å². The van der Waals surface area contributed by atoms with Crippen molar-refractivity contribution in [3.63, 3.8) is 0 Å². The van der Waals surface area contributed by atoms with Crippen LogP contribution in [0.5, 0.6) is 0 Å². The van der Waals surface area contributed by atoms with Gasteiger partial charge < -0.3 is 20.0 Å². The largest absolute Gasteiger partial charge is 0.340 e. The van der Waals surface area contributed by atoms with E-state index in [9.17, 15) is 4.79 Å². The van der Waals surface area contributed by atoms with Crippen LogP contribution in [0.25, 0.3) is 0 Å². The maximum atomic E-state index is 12.2. The second-order valence-corrected chi connectivity index (χ2v) is 6.72. The Balaban J connectivity index is 0.00000242. The van der Waals surface area contributed by atoms with Gasteiger partial charge in [-0.2, -0.15) is 0 Å². The number of nitrogens with zero attached hydrogens (tertiary/aromatic N) is 3. The smallest absolute Gasteiger partial charge is 0.223 e. The van der Waals surface area contributed by atoms with Crippen LogP contribution in [0, 0.1) is 0 Å². The third kappa shape index (κ3) is 7.14. The number of nitrogens with one attached hydrogen (secondary N) is 1. The number of halogens is 2. The third-order valence-corrected chi connectivity index (χ3v) is 5.00. The van der Waals surface area contributed by atoms with Crippen LogP contribution in [-0.4, -0.2) is 85.6 Å². The molecule has 1 amide bonds. The van der Waals surface area contributed by atoms with E-state index >= 15 is 0 Å². The molecule has 23 heavy (non-hydrogen) atoms. The number of hydrogen-bond donors (Lipinski definition) is 1. The first-order valence-corrected chi connectivity index (χ1v) is 8.50. The Bertz CT molecular complexity index is 330. The van der Waals surface area contributed by atoms with Gasteiger partial charge in [0.1, 0.15) is 0 Å². The molecule has 0 unspecified atom stereocenters. The van der Waals surface area contributed by atoms with E-state index in [2.05, 4.69) is 36.0 Å². The summed E-state index contributed by atoms with van der Waals surface area (Å²) in [6, 6.07) is 1.31. The summed E-state index contributed by atoms with van der Waals surface area (Å²) in [5.41, 5.74) is 0. The zero-order valence-corrected chi connectivity index (χ0v) is 16.4. The Morgan fingerprint density at radius 1 is 1.13 bits per heavy atom. The van der Waals surface area contributed by atoms with Crippen LogP contribution in [0.3, 0.4) is 0 Å². The number of carbonyl (C=O) groups excluding carboxylic acids is 1. The molecule has 2 fully saturated rings. The van der Waals surface area contributed by atoms with Crippen molar-refractivity contribution in [1.82, 2.24) is 20.0 Å². The summed E-state index contributed by atoms with van der Waals surface area (Å²) < 4.78 is 0. The number of rotatable bonds is 5. The predicted molar refractivity (Wildman–Crippen MR) is 101 cm³/mol. The minimum atomic E-state index is 0. The van der Waals surface area contributed by atoms with Crippen molar-refractivity contribution in [2.45, 2.75) is 45.2 Å². The summed E-state index contributed by atoms with van der Waals surface area (Å²) in [6.45, 7) is 11.5. The molecular formula is C16H34Cl2N4O. The monoisotopic (exact) mass is 368 g/mol. The molecule has 2 aliphatic heterocycles. The summed E-state index contributed by atoms with van der Waals surface area (Å²) in [4.78, 5) is 19.1. The normalized spacial score (nSPS) is 20.3. The van der Waals surface area contributed by atoms with Crippen molar-refractivity contribution in [2.75, 3.05) is 52.9 Å². The second kappa shape index (κ2) is 11.5. The molecular weight excluding hydrogens is 335 g/mol. The lowest BCUT2D eigenvalue weighted by Crippen LogP contribution is -2.48. The summed E-state index contributed by atoms with van der Waals surface area (Å²) in [5.74, 6) is 0.322. The molecule has 2 saturated heterocycles. The van der Waals surface area contributed by atoms with Crippen LogP contribution in [0.2, 0.25) is 0 Å². The van der Waals surface area contributed by atoms with Gasteiger partial charge in [-0.3, -0.25) is 4.79 Å². The number of piperazine rings is 1. The van der Waals surface area contributed by atoms with Gasteiger partial charge in [0, 0.05) is 51.2 Å². The maximum Gasteiger partial charge on any atom is 0.223 e. The molecule has 1 N–H and O–H groups in total. The van der Waals surface area contributed by atoms with Gasteiger partial charge in [0.15, 0.2) is 0 Å². The topological polar surface area (TPSA) is 38.8 Å². The third-order valence-electron chi connectivity index (χ3n) is 5.00. The van der Waals surface area contributed by atoms with Gasteiger partial charge in [0.2, 0.25) is 5.91 Å². The van der Waals surface area contributed by atoms with Crippen LogP contribution in [-0.2, 0) is 4.79 Å². The molecule has 0 radical (unpaired) electrons. The number of hydrogen-bond acceptors (Lipinski definition) is 4. The maximum absolute atomic E-state index is 12.2. The predicted octanol–water partition coefficient (Wildman–Crippen LogP) is 1.46. The number of likely N-dealkylation sites (tertiary alicyclic amines) is 1. The Morgan fingerprint density at radius 3 is 2.22 bits per heavy atom. The van der Waals surface area contributed by atoms with E-state index in [0.717, 1.165) is 32.7 Å². The van der Waals surface area contributed by atoms with Gasteiger partial charge in [-0.05, 0) is 46.8 Å². The molecule has 7 heteroatoms. The highest BCUT2D eigenvalue weighted by molar-refractivity contribution is 5.85. The summed E-state index contributed by atoms with van der Waals surface area (Å²) in [5, 5.41) is 3.29. The molecule has 0 atom stereocenters. The molecule has 0 saturated carbocycles. The van der Waals surface area contributed by atoms with Crippen LogP contribution < -0.4 is 5.32 Å². The first kappa shape index (κ1) is 22.9. The van der Waals surface area contributed by atoms with Crippen LogP contribution in [0.15, 0.2) is 0 Å². The Hall–Kier alpha value is -0.0700. The van der Waals surface area contributed by atoms with Gasteiger partial charge in [-0.1, -0.05) is 0 Å². The van der Waals surface area contributed by atoms with E-state index in [1.165, 1.54) is 25.9 Å². The molecule has 5 nitrogen and oxygen atoms in total. The highest BCUT2D eigenvalue weighted by Crippen LogP contribution is 2.17.